The van der Waals surface area contributed by atoms with E-state index in [1.54, 1.807) is 29.0 Å². The van der Waals surface area contributed by atoms with E-state index in [1.165, 1.54) is 0 Å². The van der Waals surface area contributed by atoms with Crippen LogP contribution in [0.1, 0.15) is 29.8 Å². The van der Waals surface area contributed by atoms with Gasteiger partial charge in [0.25, 0.3) is 0 Å². The zero-order chi connectivity index (χ0) is 15.3. The molecule has 0 aliphatic carbocycles. The van der Waals surface area contributed by atoms with E-state index in [2.05, 4.69) is 0 Å². The molecule has 0 saturated carbocycles. The highest BCUT2D eigenvalue weighted by molar-refractivity contribution is 5.95. The van der Waals surface area contributed by atoms with Crippen molar-refractivity contribution in [1.29, 1.82) is 0 Å². The van der Waals surface area contributed by atoms with Crippen LogP contribution in [-0.4, -0.2) is 48.6 Å². The molecule has 1 amide bonds. The Morgan fingerprint density at radius 2 is 1.80 bits per heavy atom. The number of carboxylic acids is 1. The normalized spacial score (nSPS) is 10.2. The maximum absolute atomic E-state index is 12.1. The van der Waals surface area contributed by atoms with Gasteiger partial charge in [-0.3, -0.25) is 4.79 Å². The van der Waals surface area contributed by atoms with Crippen LogP contribution < -0.4 is 4.90 Å². The summed E-state index contributed by atoms with van der Waals surface area (Å²) in [6.45, 7) is 7.18. The lowest BCUT2D eigenvalue weighted by Gasteiger charge is -2.25. The van der Waals surface area contributed by atoms with Gasteiger partial charge in [-0.15, -0.1) is 0 Å². The van der Waals surface area contributed by atoms with Crippen LogP contribution in [0.5, 0.6) is 0 Å². The maximum atomic E-state index is 12.1. The first-order valence-corrected chi connectivity index (χ1v) is 6.73. The number of carbonyl (C=O) groups excluding carboxylic acids is 1. The molecular formula is C15H22N2O3. The van der Waals surface area contributed by atoms with Crippen LogP contribution >= 0.6 is 0 Å². The van der Waals surface area contributed by atoms with Crippen molar-refractivity contribution >= 4 is 17.6 Å². The molecule has 0 unspecified atom stereocenters. The van der Waals surface area contributed by atoms with Crippen LogP contribution in [-0.2, 0) is 4.79 Å². The number of rotatable bonds is 6. The second-order valence-corrected chi connectivity index (χ2v) is 4.75. The number of aryl methyl sites for hydroxylation is 1. The monoisotopic (exact) mass is 278 g/mol. The van der Waals surface area contributed by atoms with Gasteiger partial charge >= 0.3 is 5.97 Å². The molecule has 0 atom stereocenters. The third-order valence-electron chi connectivity index (χ3n) is 3.28. The summed E-state index contributed by atoms with van der Waals surface area (Å²) in [5, 5.41) is 9.25. The lowest BCUT2D eigenvalue weighted by Crippen LogP contribution is -2.39. The van der Waals surface area contributed by atoms with Gasteiger partial charge < -0.3 is 14.9 Å². The molecule has 1 N–H and O–H groups in total. The van der Waals surface area contributed by atoms with Crippen LogP contribution in [0.25, 0.3) is 0 Å². The van der Waals surface area contributed by atoms with Gasteiger partial charge in [-0.05, 0) is 32.9 Å². The third-order valence-corrected chi connectivity index (χ3v) is 3.28. The number of nitrogens with zero attached hydrogens (tertiary/aromatic N) is 2. The second kappa shape index (κ2) is 6.93. The molecule has 0 aromatic heterocycles. The summed E-state index contributed by atoms with van der Waals surface area (Å²) in [5.74, 6) is -0.986. The highest BCUT2D eigenvalue weighted by Gasteiger charge is 2.17. The van der Waals surface area contributed by atoms with Crippen molar-refractivity contribution < 1.29 is 14.7 Å². The van der Waals surface area contributed by atoms with Gasteiger partial charge in [0.2, 0.25) is 5.91 Å². The fourth-order valence-corrected chi connectivity index (χ4v) is 2.12. The fraction of sp³-hybridized carbons (Fsp3) is 0.467. The van der Waals surface area contributed by atoms with Crippen molar-refractivity contribution in [3.63, 3.8) is 0 Å². The average Bonchev–Trinajstić information content (AvgIpc) is 2.39. The van der Waals surface area contributed by atoms with Gasteiger partial charge in [-0.25, -0.2) is 4.79 Å². The molecule has 110 valence electrons. The Morgan fingerprint density at radius 3 is 2.30 bits per heavy atom. The van der Waals surface area contributed by atoms with Crippen LogP contribution in [0.2, 0.25) is 0 Å². The van der Waals surface area contributed by atoms with Gasteiger partial charge in [0.15, 0.2) is 0 Å². The summed E-state index contributed by atoms with van der Waals surface area (Å²) in [5.41, 5.74) is 1.66. The number of aromatic carboxylic acids is 1. The number of carboxylic acid groups (broad SMARTS) is 1. The number of hydrogen-bond donors (Lipinski definition) is 1. The summed E-state index contributed by atoms with van der Waals surface area (Å²) in [6.07, 6.45) is 0. The minimum Gasteiger partial charge on any atom is -0.478 e. The van der Waals surface area contributed by atoms with Gasteiger partial charge in [0.05, 0.1) is 17.8 Å². The third kappa shape index (κ3) is 3.73. The van der Waals surface area contributed by atoms with Crippen molar-refractivity contribution in [2.75, 3.05) is 31.6 Å². The molecule has 0 aliphatic rings. The molecule has 0 radical (unpaired) electrons. The molecule has 1 aromatic carbocycles. The molecule has 0 aliphatic heterocycles. The molecule has 5 nitrogen and oxygen atoms in total. The summed E-state index contributed by atoms with van der Waals surface area (Å²) in [4.78, 5) is 26.8. The van der Waals surface area contributed by atoms with Crippen LogP contribution in [0.4, 0.5) is 5.69 Å². The first-order valence-electron chi connectivity index (χ1n) is 6.73. The molecule has 0 saturated heterocycles. The Balaban J connectivity index is 2.95. The first kappa shape index (κ1) is 16.0. The van der Waals surface area contributed by atoms with Crippen LogP contribution in [0.15, 0.2) is 18.2 Å². The standard InChI is InChI=1S/C15H22N2O3/c1-5-17(6-2)14(18)10-16(4)13-8-7-11(3)9-12(13)15(19)20/h7-9H,5-6,10H2,1-4H3,(H,19,20). The number of benzene rings is 1. The van der Waals surface area contributed by atoms with Crippen molar-refractivity contribution in [2.24, 2.45) is 0 Å². The lowest BCUT2D eigenvalue weighted by atomic mass is 10.1. The number of anilines is 1. The molecule has 5 heteroatoms. The summed E-state index contributed by atoms with van der Waals surface area (Å²) < 4.78 is 0. The van der Waals surface area contributed by atoms with E-state index < -0.39 is 5.97 Å². The van der Waals surface area contributed by atoms with Crippen molar-refractivity contribution in [3.8, 4) is 0 Å². The van der Waals surface area contributed by atoms with E-state index in [1.807, 2.05) is 26.8 Å². The van der Waals surface area contributed by atoms with E-state index in [0.29, 0.717) is 18.8 Å². The number of carbonyl (C=O) groups is 2. The SMILES string of the molecule is CCN(CC)C(=O)CN(C)c1ccc(C)cc1C(=O)O. The predicted molar refractivity (Wildman–Crippen MR) is 79.3 cm³/mol. The van der Waals surface area contributed by atoms with Gasteiger partial charge in [-0.1, -0.05) is 11.6 Å². The minimum absolute atomic E-state index is 0.00517. The van der Waals surface area contributed by atoms with E-state index in [-0.39, 0.29) is 18.0 Å². The smallest absolute Gasteiger partial charge is 0.337 e. The Bertz CT molecular complexity index is 496. The quantitative estimate of drug-likeness (QED) is 0.864. The fourth-order valence-electron chi connectivity index (χ4n) is 2.12. The predicted octanol–water partition coefficient (Wildman–Crippen LogP) is 2.00. The van der Waals surface area contributed by atoms with Gasteiger partial charge in [0, 0.05) is 20.1 Å². The molecule has 1 rings (SSSR count). The van der Waals surface area contributed by atoms with Crippen molar-refractivity contribution in [1.82, 2.24) is 4.90 Å². The van der Waals surface area contributed by atoms with E-state index in [9.17, 15) is 14.7 Å². The zero-order valence-corrected chi connectivity index (χ0v) is 12.5. The van der Waals surface area contributed by atoms with E-state index in [4.69, 9.17) is 0 Å². The van der Waals surface area contributed by atoms with Crippen LogP contribution in [0.3, 0.4) is 0 Å². The largest absolute Gasteiger partial charge is 0.478 e. The summed E-state index contributed by atoms with van der Waals surface area (Å²) in [6, 6.07) is 5.21. The molecular weight excluding hydrogens is 256 g/mol. The topological polar surface area (TPSA) is 60.9 Å². The van der Waals surface area contributed by atoms with Crippen LogP contribution in [0, 0.1) is 6.92 Å². The number of hydrogen-bond acceptors (Lipinski definition) is 3. The minimum atomic E-state index is -0.981. The Hall–Kier alpha value is -2.04. The molecule has 20 heavy (non-hydrogen) atoms. The number of likely N-dealkylation sites (N-methyl/N-ethyl adjacent to an activating group) is 2. The summed E-state index contributed by atoms with van der Waals surface area (Å²) >= 11 is 0. The number of amides is 1. The van der Waals surface area contributed by atoms with Gasteiger partial charge in [0.1, 0.15) is 0 Å². The maximum Gasteiger partial charge on any atom is 0.337 e. The zero-order valence-electron chi connectivity index (χ0n) is 12.5. The molecule has 0 fully saturated rings. The Morgan fingerprint density at radius 1 is 1.20 bits per heavy atom. The van der Waals surface area contributed by atoms with E-state index >= 15 is 0 Å². The highest BCUT2D eigenvalue weighted by atomic mass is 16.4. The average molecular weight is 278 g/mol. The lowest BCUT2D eigenvalue weighted by molar-refractivity contribution is -0.129. The Labute approximate surface area is 119 Å². The Kier molecular flexibility index (Phi) is 5.55. The molecule has 1 aromatic rings. The summed E-state index contributed by atoms with van der Waals surface area (Å²) in [7, 11) is 1.73. The molecule has 0 heterocycles. The van der Waals surface area contributed by atoms with Crippen molar-refractivity contribution in [3.05, 3.63) is 29.3 Å². The van der Waals surface area contributed by atoms with Crippen molar-refractivity contribution in [2.45, 2.75) is 20.8 Å². The molecule has 0 bridgehead atoms. The first-order chi connectivity index (χ1) is 9.40. The highest BCUT2D eigenvalue weighted by Crippen LogP contribution is 2.21. The van der Waals surface area contributed by atoms with Gasteiger partial charge in [-0.2, -0.15) is 0 Å². The van der Waals surface area contributed by atoms with E-state index in [0.717, 1.165) is 5.56 Å². The molecule has 0 spiro atoms. The second-order valence-electron chi connectivity index (χ2n) is 4.75.